The van der Waals surface area contributed by atoms with E-state index in [9.17, 15) is 14.4 Å². The zero-order valence-corrected chi connectivity index (χ0v) is 23.7. The van der Waals surface area contributed by atoms with E-state index in [1.54, 1.807) is 21.9 Å². The van der Waals surface area contributed by atoms with Gasteiger partial charge in [0.2, 0.25) is 5.91 Å². The molecule has 2 aromatic carbocycles. The third-order valence-electron chi connectivity index (χ3n) is 6.19. The maximum Gasteiger partial charge on any atom is 0.411 e. The Balaban J connectivity index is 1.48. The van der Waals surface area contributed by atoms with Crippen LogP contribution in [-0.2, 0) is 14.3 Å². The highest BCUT2D eigenvalue weighted by Gasteiger charge is 2.34. The summed E-state index contributed by atoms with van der Waals surface area (Å²) in [4.78, 5) is 43.2. The molecular weight excluding hydrogens is 542 g/mol. The van der Waals surface area contributed by atoms with E-state index in [-0.39, 0.29) is 35.9 Å². The van der Waals surface area contributed by atoms with Gasteiger partial charge in [-0.3, -0.25) is 10.1 Å². The van der Waals surface area contributed by atoms with Gasteiger partial charge >= 0.3 is 6.09 Å². The van der Waals surface area contributed by atoms with E-state index in [0.29, 0.717) is 31.0 Å². The number of hydrogen-bond acceptors (Lipinski definition) is 7. The Hall–Kier alpha value is -2.75. The zero-order chi connectivity index (χ0) is 27.1. The summed E-state index contributed by atoms with van der Waals surface area (Å²) in [6.45, 7) is 4.22. The number of alkyl halides is 1. The number of ketones is 1. The van der Waals surface area contributed by atoms with Gasteiger partial charge < -0.3 is 14.4 Å². The summed E-state index contributed by atoms with van der Waals surface area (Å²) in [5, 5.41) is 5.64. The van der Waals surface area contributed by atoms with E-state index in [4.69, 9.17) is 16.3 Å². The first-order chi connectivity index (χ1) is 18.4. The van der Waals surface area contributed by atoms with Crippen molar-refractivity contribution in [1.29, 1.82) is 0 Å². The van der Waals surface area contributed by atoms with Crippen molar-refractivity contribution in [3.63, 3.8) is 0 Å². The summed E-state index contributed by atoms with van der Waals surface area (Å²) in [5.41, 5.74) is 2.32. The second-order valence-electron chi connectivity index (χ2n) is 9.20. The summed E-state index contributed by atoms with van der Waals surface area (Å²) in [7, 11) is 3.12. The van der Waals surface area contributed by atoms with Crippen LogP contribution in [0.3, 0.4) is 0 Å². The fourth-order valence-corrected chi connectivity index (χ4v) is 6.56. The molecule has 2 heterocycles. The molecule has 1 N–H and O–H groups in total. The predicted octanol–water partition coefficient (Wildman–Crippen LogP) is 7.04. The Kier molecular flexibility index (Phi) is 9.93. The summed E-state index contributed by atoms with van der Waals surface area (Å²) in [5.74, 6) is 0.357. The molecule has 200 valence electrons. The number of carbonyl (C=O) groups is 3. The molecule has 1 aliphatic rings. The molecule has 0 saturated carbocycles. The highest BCUT2D eigenvalue weighted by atomic mass is 35.5. The average Bonchev–Trinajstić information content (AvgIpc) is 3.30. The van der Waals surface area contributed by atoms with E-state index in [1.807, 2.05) is 55.5 Å². The number of Topliss-reactive ketones (excluding diaryl/α,β-unsaturated/α-hetero) is 1. The number of anilines is 2. The van der Waals surface area contributed by atoms with Gasteiger partial charge in [-0.05, 0) is 60.2 Å². The number of rotatable bonds is 11. The van der Waals surface area contributed by atoms with E-state index in [1.165, 1.54) is 17.7 Å². The number of hydrogen-bond donors (Lipinski definition) is 1. The SMILES string of the molecule is CC(=O)CCCC(=O)N1CC(CCl)c2c1cc(NC(=O)OCC(C)SSc1ccccn1)c1ccccc21. The molecule has 7 nitrogen and oxygen atoms in total. The lowest BCUT2D eigenvalue weighted by molar-refractivity contribution is -0.119. The van der Waals surface area contributed by atoms with Crippen molar-refractivity contribution < 1.29 is 19.1 Å². The van der Waals surface area contributed by atoms with Gasteiger partial charge in [-0.25, -0.2) is 9.78 Å². The predicted molar refractivity (Wildman–Crippen MR) is 156 cm³/mol. The molecule has 2 atom stereocenters. The standard InChI is InChI=1S/C28H30ClN3O4S2/c1-18(33)8-7-12-26(34)32-16-20(15-29)27-22-10-4-3-9-21(22)23(14-24(27)32)31-28(35)36-17-19(2)37-38-25-11-5-6-13-30-25/h3-6,9-11,13-14,19-20H,7-8,12,15-17H2,1-2H3,(H,31,35). The lowest BCUT2D eigenvalue weighted by atomic mass is 9.95. The van der Waals surface area contributed by atoms with Crippen LogP contribution in [0.4, 0.5) is 16.2 Å². The van der Waals surface area contributed by atoms with Crippen LogP contribution in [0.2, 0.25) is 0 Å². The van der Waals surface area contributed by atoms with Crippen molar-refractivity contribution in [2.24, 2.45) is 0 Å². The topological polar surface area (TPSA) is 88.6 Å². The summed E-state index contributed by atoms with van der Waals surface area (Å²) >= 11 is 6.33. The van der Waals surface area contributed by atoms with Gasteiger partial charge in [0.05, 0.1) is 5.69 Å². The Bertz CT molecular complexity index is 1310. The Labute approximate surface area is 235 Å². The third-order valence-corrected chi connectivity index (χ3v) is 9.33. The second-order valence-corrected chi connectivity index (χ2v) is 12.2. The molecule has 0 radical (unpaired) electrons. The summed E-state index contributed by atoms with van der Waals surface area (Å²) < 4.78 is 5.52. The first-order valence-electron chi connectivity index (χ1n) is 12.5. The number of aromatic nitrogens is 1. The van der Waals surface area contributed by atoms with Crippen molar-refractivity contribution in [2.75, 3.05) is 29.2 Å². The number of fused-ring (bicyclic) bond motifs is 3. The number of ether oxygens (including phenoxy) is 1. The smallest absolute Gasteiger partial charge is 0.411 e. The van der Waals surface area contributed by atoms with Crippen LogP contribution in [0.1, 0.15) is 44.6 Å². The quantitative estimate of drug-likeness (QED) is 0.195. The highest BCUT2D eigenvalue weighted by molar-refractivity contribution is 8.76. The van der Waals surface area contributed by atoms with Gasteiger partial charge in [0.25, 0.3) is 0 Å². The maximum absolute atomic E-state index is 13.1. The van der Waals surface area contributed by atoms with Gasteiger partial charge in [0, 0.05) is 53.7 Å². The lowest BCUT2D eigenvalue weighted by Crippen LogP contribution is -2.30. The van der Waals surface area contributed by atoms with Gasteiger partial charge in [0.1, 0.15) is 17.4 Å². The number of nitrogens with one attached hydrogen (secondary N) is 1. The molecule has 0 bridgehead atoms. The van der Waals surface area contributed by atoms with Crippen molar-refractivity contribution in [1.82, 2.24) is 4.98 Å². The molecule has 38 heavy (non-hydrogen) atoms. The number of amides is 2. The monoisotopic (exact) mass is 571 g/mol. The molecule has 0 saturated heterocycles. The number of nitrogens with zero attached hydrogens (tertiary/aromatic N) is 2. The molecule has 2 unspecified atom stereocenters. The molecule has 2 amide bonds. The minimum absolute atomic E-state index is 0.0243. The highest BCUT2D eigenvalue weighted by Crippen LogP contribution is 2.45. The fraction of sp³-hybridized carbons (Fsp3) is 0.357. The third kappa shape index (κ3) is 7.01. The van der Waals surface area contributed by atoms with Gasteiger partial charge in [0.15, 0.2) is 0 Å². The van der Waals surface area contributed by atoms with Crippen LogP contribution in [0.5, 0.6) is 0 Å². The summed E-state index contributed by atoms with van der Waals surface area (Å²) in [6.07, 6.45) is 2.34. The van der Waals surface area contributed by atoms with Crippen molar-refractivity contribution >= 4 is 73.1 Å². The second kappa shape index (κ2) is 13.4. The number of pyridine rings is 1. The van der Waals surface area contributed by atoms with Crippen LogP contribution in [-0.4, -0.2) is 47.0 Å². The van der Waals surface area contributed by atoms with Crippen molar-refractivity contribution in [3.8, 4) is 0 Å². The van der Waals surface area contributed by atoms with Gasteiger partial charge in [-0.15, -0.1) is 11.6 Å². The molecule has 0 fully saturated rings. The minimum Gasteiger partial charge on any atom is -0.448 e. The Morgan fingerprint density at radius 1 is 1.16 bits per heavy atom. The Morgan fingerprint density at radius 3 is 2.63 bits per heavy atom. The maximum atomic E-state index is 13.1. The molecule has 0 aliphatic carbocycles. The van der Waals surface area contributed by atoms with E-state index < -0.39 is 6.09 Å². The van der Waals surface area contributed by atoms with Crippen molar-refractivity contribution in [2.45, 2.75) is 49.3 Å². The van der Waals surface area contributed by atoms with Crippen LogP contribution < -0.4 is 10.2 Å². The van der Waals surface area contributed by atoms with E-state index in [0.717, 1.165) is 27.0 Å². The van der Waals surface area contributed by atoms with E-state index >= 15 is 0 Å². The van der Waals surface area contributed by atoms with Crippen LogP contribution in [0.15, 0.2) is 59.8 Å². The Morgan fingerprint density at radius 2 is 1.92 bits per heavy atom. The van der Waals surface area contributed by atoms with Crippen LogP contribution in [0, 0.1) is 0 Å². The molecule has 10 heteroatoms. The molecular formula is C28H30ClN3O4S2. The number of halogens is 1. The molecule has 1 aliphatic heterocycles. The minimum atomic E-state index is -0.559. The normalized spacial score (nSPS) is 15.2. The fourth-order valence-electron chi connectivity index (χ4n) is 4.43. The van der Waals surface area contributed by atoms with Crippen LogP contribution in [0.25, 0.3) is 10.8 Å². The first kappa shape index (κ1) is 28.3. The van der Waals surface area contributed by atoms with Gasteiger partial charge in [-0.2, -0.15) is 0 Å². The average molecular weight is 572 g/mol. The number of carbonyl (C=O) groups excluding carboxylic acids is 3. The number of benzene rings is 2. The summed E-state index contributed by atoms with van der Waals surface area (Å²) in [6, 6.07) is 15.3. The first-order valence-corrected chi connectivity index (χ1v) is 15.2. The zero-order valence-electron chi connectivity index (χ0n) is 21.3. The lowest BCUT2D eigenvalue weighted by Gasteiger charge is -2.20. The molecule has 3 aromatic rings. The van der Waals surface area contributed by atoms with Gasteiger partial charge in [-0.1, -0.05) is 41.1 Å². The van der Waals surface area contributed by atoms with Crippen LogP contribution >= 0.6 is 33.2 Å². The largest absolute Gasteiger partial charge is 0.448 e. The molecule has 0 spiro atoms. The molecule has 4 rings (SSSR count). The molecule has 1 aromatic heterocycles. The van der Waals surface area contributed by atoms with Crippen molar-refractivity contribution in [3.05, 3.63) is 60.3 Å². The van der Waals surface area contributed by atoms with E-state index in [2.05, 4.69) is 10.3 Å².